The van der Waals surface area contributed by atoms with Crippen molar-refractivity contribution in [1.82, 2.24) is 9.13 Å². The molecule has 2 aliphatic heterocycles. The van der Waals surface area contributed by atoms with Gasteiger partial charge in [0.05, 0.1) is 35.2 Å². The Kier molecular flexibility index (Phi) is 8.01. The molecule has 0 fully saturated rings. The van der Waals surface area contributed by atoms with Crippen LogP contribution in [0.3, 0.4) is 0 Å². The van der Waals surface area contributed by atoms with E-state index in [1.54, 1.807) is 0 Å². The van der Waals surface area contributed by atoms with Gasteiger partial charge in [-0.2, -0.15) is 0 Å². The summed E-state index contributed by atoms with van der Waals surface area (Å²) in [5.74, 6) is 1.45. The summed E-state index contributed by atoms with van der Waals surface area (Å²) in [6, 6.07) is 65.9. The van der Waals surface area contributed by atoms with Crippen LogP contribution in [-0.2, 0) is 9.47 Å². The second kappa shape index (κ2) is 14.0. The zero-order chi connectivity index (χ0) is 39.6. The molecule has 12 rings (SSSR count). The zero-order valence-corrected chi connectivity index (χ0v) is 32.8. The largest absolute Gasteiger partial charge is 0.476 e. The van der Waals surface area contributed by atoms with Gasteiger partial charge in [-0.05, 0) is 130 Å². The Morgan fingerprint density at radius 1 is 0.317 bits per heavy atom. The van der Waals surface area contributed by atoms with Crippen LogP contribution in [0.2, 0.25) is 0 Å². The van der Waals surface area contributed by atoms with Crippen molar-refractivity contribution in [2.45, 2.75) is 0 Å². The molecule has 10 aromatic rings. The summed E-state index contributed by atoms with van der Waals surface area (Å²) in [5.41, 5.74) is 15.9. The number of rotatable bonds is 7. The number of para-hydroxylation sites is 2. The van der Waals surface area contributed by atoms with Gasteiger partial charge in [-0.1, -0.05) is 84.9 Å². The van der Waals surface area contributed by atoms with E-state index in [0.717, 1.165) is 56.6 Å². The quantitative estimate of drug-likeness (QED) is 0.162. The van der Waals surface area contributed by atoms with Crippen LogP contribution in [0.5, 0.6) is 0 Å². The molecule has 0 radical (unpaired) electrons. The Hall–Kier alpha value is -7.70. The van der Waals surface area contributed by atoms with Crippen LogP contribution in [0, 0.1) is 0 Å². The third-order valence-corrected chi connectivity index (χ3v) is 11.9. The van der Waals surface area contributed by atoms with Crippen molar-refractivity contribution in [2.75, 3.05) is 26.3 Å². The fourth-order valence-electron chi connectivity index (χ4n) is 9.16. The smallest absolute Gasteiger partial charge is 0.216 e. The number of hydrogen-bond donors (Lipinski definition) is 0. The number of nitrogens with zero attached hydrogens (tertiary/aromatic N) is 4. The molecule has 0 bridgehead atoms. The average molecular weight is 775 g/mol. The van der Waals surface area contributed by atoms with Crippen molar-refractivity contribution in [2.24, 2.45) is 9.98 Å². The Labute approximate surface area is 346 Å². The van der Waals surface area contributed by atoms with Gasteiger partial charge in [-0.25, -0.2) is 9.98 Å². The lowest BCUT2D eigenvalue weighted by atomic mass is 9.98. The molecule has 286 valence electrons. The molecule has 8 aromatic carbocycles. The number of aromatic nitrogens is 2. The van der Waals surface area contributed by atoms with Crippen molar-refractivity contribution in [1.29, 1.82) is 0 Å². The second-order valence-corrected chi connectivity index (χ2v) is 15.5. The zero-order valence-electron chi connectivity index (χ0n) is 32.8. The van der Waals surface area contributed by atoms with E-state index in [1.165, 1.54) is 54.7 Å². The van der Waals surface area contributed by atoms with Crippen molar-refractivity contribution < 1.29 is 9.47 Å². The van der Waals surface area contributed by atoms with E-state index in [-0.39, 0.29) is 0 Å². The first-order valence-electron chi connectivity index (χ1n) is 20.6. The third-order valence-electron chi connectivity index (χ3n) is 11.9. The molecule has 0 amide bonds. The van der Waals surface area contributed by atoms with Gasteiger partial charge >= 0.3 is 0 Å². The average Bonchev–Trinajstić information content (AvgIpc) is 4.16. The summed E-state index contributed by atoms with van der Waals surface area (Å²) in [6.07, 6.45) is 0. The number of hydrogen-bond acceptors (Lipinski definition) is 4. The van der Waals surface area contributed by atoms with Gasteiger partial charge in [-0.15, -0.1) is 0 Å². The van der Waals surface area contributed by atoms with E-state index in [9.17, 15) is 0 Å². The summed E-state index contributed by atoms with van der Waals surface area (Å²) < 4.78 is 16.4. The maximum Gasteiger partial charge on any atom is 0.216 e. The molecule has 0 aliphatic carbocycles. The van der Waals surface area contributed by atoms with Gasteiger partial charge in [0.15, 0.2) is 0 Å². The molecule has 6 heteroatoms. The van der Waals surface area contributed by atoms with Crippen LogP contribution in [-0.4, -0.2) is 47.2 Å². The standard InChI is InChI=1S/C54H38N4O2/c1-3-13-43(14-4-1)57-49-21-17-37(35-9-7-11-41(29-35)53-55-25-27-59-53)31-45(49)47-33-39(19-23-51(47)57)40-20-24-52-48(34-40)46-32-38(18-22-50(46)58(52)44-15-5-2-6-16-44)36-10-8-12-42(30-36)54-56-26-28-60-54/h1-24,29-34H,25-28H2. The lowest BCUT2D eigenvalue weighted by molar-refractivity contribution is 0.348. The van der Waals surface area contributed by atoms with Gasteiger partial charge in [0.2, 0.25) is 11.8 Å². The van der Waals surface area contributed by atoms with Crippen LogP contribution >= 0.6 is 0 Å². The fraction of sp³-hybridized carbons (Fsp3) is 0.0741. The van der Waals surface area contributed by atoms with E-state index < -0.39 is 0 Å². The number of benzene rings is 8. The minimum atomic E-state index is 0.636. The second-order valence-electron chi connectivity index (χ2n) is 15.5. The number of ether oxygens (including phenoxy) is 2. The van der Waals surface area contributed by atoms with E-state index in [2.05, 4.69) is 201 Å². The maximum absolute atomic E-state index is 5.82. The predicted molar refractivity (Wildman–Crippen MR) is 246 cm³/mol. The lowest BCUT2D eigenvalue weighted by Gasteiger charge is -2.09. The summed E-state index contributed by atoms with van der Waals surface area (Å²) in [4.78, 5) is 9.15. The summed E-state index contributed by atoms with van der Waals surface area (Å²) in [5, 5.41) is 4.82. The third kappa shape index (κ3) is 5.71. The molecule has 0 saturated heterocycles. The summed E-state index contributed by atoms with van der Waals surface area (Å²) in [6.45, 7) is 2.68. The molecule has 2 aromatic heterocycles. The number of aliphatic imine (C=N–C) groups is 2. The molecule has 0 atom stereocenters. The molecule has 0 spiro atoms. The minimum absolute atomic E-state index is 0.636. The Morgan fingerprint density at radius 2 is 0.650 bits per heavy atom. The molecule has 2 aliphatic rings. The van der Waals surface area contributed by atoms with Crippen LogP contribution < -0.4 is 0 Å². The highest BCUT2D eigenvalue weighted by atomic mass is 16.5. The monoisotopic (exact) mass is 774 g/mol. The highest BCUT2D eigenvalue weighted by Crippen LogP contribution is 2.40. The van der Waals surface area contributed by atoms with Crippen LogP contribution in [0.1, 0.15) is 11.1 Å². The van der Waals surface area contributed by atoms with Gasteiger partial charge in [0.1, 0.15) is 13.2 Å². The van der Waals surface area contributed by atoms with E-state index >= 15 is 0 Å². The first kappa shape index (κ1) is 34.4. The predicted octanol–water partition coefficient (Wildman–Crippen LogP) is 12.4. The van der Waals surface area contributed by atoms with E-state index in [4.69, 9.17) is 9.47 Å². The summed E-state index contributed by atoms with van der Waals surface area (Å²) >= 11 is 0. The maximum atomic E-state index is 5.82. The number of fused-ring (bicyclic) bond motifs is 6. The van der Waals surface area contributed by atoms with Crippen molar-refractivity contribution in [3.63, 3.8) is 0 Å². The molecule has 0 N–H and O–H groups in total. The molecule has 6 nitrogen and oxygen atoms in total. The van der Waals surface area contributed by atoms with Crippen LogP contribution in [0.15, 0.2) is 192 Å². The summed E-state index contributed by atoms with van der Waals surface area (Å²) in [7, 11) is 0. The van der Waals surface area contributed by atoms with Crippen molar-refractivity contribution in [3.05, 3.63) is 193 Å². The Bertz CT molecular complexity index is 3150. The Morgan fingerprint density at radius 3 is 0.983 bits per heavy atom. The van der Waals surface area contributed by atoms with E-state index in [0.29, 0.717) is 26.3 Å². The van der Waals surface area contributed by atoms with Crippen molar-refractivity contribution in [3.8, 4) is 44.8 Å². The normalized spacial score (nSPS) is 13.9. The van der Waals surface area contributed by atoms with Gasteiger partial charge < -0.3 is 18.6 Å². The molecule has 4 heterocycles. The SMILES string of the molecule is c1ccc(-n2c3ccc(-c4cccc(C5=NCCO5)c4)cc3c3cc(-c4ccc5c(c4)c4cc(-c6cccc(C7=NCCO7)c6)ccc4n5-c4ccccc4)ccc32)cc1. The van der Waals surface area contributed by atoms with E-state index in [1.807, 2.05) is 0 Å². The topological polar surface area (TPSA) is 53.0 Å². The van der Waals surface area contributed by atoms with Crippen LogP contribution in [0.25, 0.3) is 88.4 Å². The van der Waals surface area contributed by atoms with Gasteiger partial charge in [0, 0.05) is 44.0 Å². The molecular formula is C54H38N4O2. The Balaban J connectivity index is 1.03. The first-order valence-corrected chi connectivity index (χ1v) is 20.6. The highest BCUT2D eigenvalue weighted by molar-refractivity contribution is 6.14. The molecular weight excluding hydrogens is 737 g/mol. The van der Waals surface area contributed by atoms with Crippen LogP contribution in [0.4, 0.5) is 0 Å². The molecule has 0 saturated carbocycles. The minimum Gasteiger partial charge on any atom is -0.476 e. The lowest BCUT2D eigenvalue weighted by Crippen LogP contribution is -2.00. The van der Waals surface area contributed by atoms with Crippen molar-refractivity contribution >= 4 is 55.4 Å². The fourth-order valence-corrected chi connectivity index (χ4v) is 9.16. The first-order chi connectivity index (χ1) is 29.7. The molecule has 0 unspecified atom stereocenters. The molecule has 60 heavy (non-hydrogen) atoms. The highest BCUT2D eigenvalue weighted by Gasteiger charge is 2.19. The van der Waals surface area contributed by atoms with Gasteiger partial charge in [0.25, 0.3) is 0 Å². The van der Waals surface area contributed by atoms with Gasteiger partial charge in [-0.3, -0.25) is 0 Å².